The van der Waals surface area contributed by atoms with Crippen LogP contribution in [0.1, 0.15) is 32.3 Å². The molecule has 3 nitrogen and oxygen atoms in total. The first kappa shape index (κ1) is 17.3. The van der Waals surface area contributed by atoms with E-state index in [1.54, 1.807) is 7.11 Å². The van der Waals surface area contributed by atoms with Crippen molar-refractivity contribution in [3.63, 3.8) is 0 Å². The van der Waals surface area contributed by atoms with E-state index < -0.39 is 0 Å². The Labute approximate surface area is 127 Å². The minimum atomic E-state index is 0.611. The second-order valence-electron chi connectivity index (χ2n) is 4.92. The van der Waals surface area contributed by atoms with Crippen molar-refractivity contribution in [2.45, 2.75) is 33.2 Å². The molecule has 0 unspecified atom stereocenters. The van der Waals surface area contributed by atoms with E-state index in [2.05, 4.69) is 19.2 Å². The van der Waals surface area contributed by atoms with Crippen molar-refractivity contribution in [3.05, 3.63) is 28.8 Å². The van der Waals surface area contributed by atoms with Crippen molar-refractivity contribution >= 4 is 11.6 Å². The molecule has 4 heteroatoms. The van der Waals surface area contributed by atoms with E-state index >= 15 is 0 Å². The summed E-state index contributed by atoms with van der Waals surface area (Å²) in [6, 6.07) is 5.80. The highest BCUT2D eigenvalue weighted by Crippen LogP contribution is 2.24. The zero-order chi connectivity index (χ0) is 14.8. The predicted molar refractivity (Wildman–Crippen MR) is 84.6 cm³/mol. The third kappa shape index (κ3) is 6.12. The lowest BCUT2D eigenvalue weighted by Gasteiger charge is -2.17. The standard InChI is InChI=1S/C16H26ClNO2/c1-4-13(5-2)12-20-16-7-6-15(17)10-14(16)11-18-8-9-19-3/h6-7,10,13,18H,4-5,8-9,11-12H2,1-3H3. The predicted octanol–water partition coefficient (Wildman–Crippen LogP) is 3.89. The van der Waals surface area contributed by atoms with E-state index in [-0.39, 0.29) is 0 Å². The second kappa shape index (κ2) is 10.0. The molecule has 0 aliphatic rings. The van der Waals surface area contributed by atoms with Crippen molar-refractivity contribution in [1.82, 2.24) is 5.32 Å². The van der Waals surface area contributed by atoms with Crippen molar-refractivity contribution in [1.29, 1.82) is 0 Å². The Hall–Kier alpha value is -0.770. The normalized spacial score (nSPS) is 11.1. The number of halogens is 1. The highest BCUT2D eigenvalue weighted by atomic mass is 35.5. The van der Waals surface area contributed by atoms with Gasteiger partial charge in [0.1, 0.15) is 5.75 Å². The molecule has 20 heavy (non-hydrogen) atoms. The maximum atomic E-state index is 6.07. The second-order valence-corrected chi connectivity index (χ2v) is 5.35. The molecule has 114 valence electrons. The molecule has 0 spiro atoms. The molecule has 0 atom stereocenters. The number of nitrogens with one attached hydrogen (secondary N) is 1. The fourth-order valence-electron chi connectivity index (χ4n) is 1.96. The highest BCUT2D eigenvalue weighted by molar-refractivity contribution is 6.30. The van der Waals surface area contributed by atoms with Gasteiger partial charge in [0.2, 0.25) is 0 Å². The first-order valence-electron chi connectivity index (χ1n) is 7.32. The molecule has 0 fully saturated rings. The van der Waals surface area contributed by atoms with Crippen LogP contribution in [0.2, 0.25) is 5.02 Å². The minimum Gasteiger partial charge on any atom is -0.493 e. The molecule has 1 aromatic carbocycles. The molecule has 0 heterocycles. The highest BCUT2D eigenvalue weighted by Gasteiger charge is 2.08. The molecule has 0 saturated heterocycles. The van der Waals surface area contributed by atoms with Crippen molar-refractivity contribution in [2.75, 3.05) is 26.9 Å². The summed E-state index contributed by atoms with van der Waals surface area (Å²) in [5.41, 5.74) is 1.10. The van der Waals surface area contributed by atoms with Crippen LogP contribution in [0.5, 0.6) is 5.75 Å². The van der Waals surface area contributed by atoms with Crippen LogP contribution in [0.3, 0.4) is 0 Å². The van der Waals surface area contributed by atoms with Gasteiger partial charge in [0.15, 0.2) is 0 Å². The largest absolute Gasteiger partial charge is 0.493 e. The van der Waals surface area contributed by atoms with E-state index in [1.807, 2.05) is 18.2 Å². The summed E-state index contributed by atoms with van der Waals surface area (Å²) in [5.74, 6) is 1.53. The van der Waals surface area contributed by atoms with Crippen LogP contribution in [0.15, 0.2) is 18.2 Å². The summed E-state index contributed by atoms with van der Waals surface area (Å²) in [6.45, 7) is 7.42. The van der Waals surface area contributed by atoms with Gasteiger partial charge in [-0.3, -0.25) is 0 Å². The Morgan fingerprint density at radius 1 is 1.25 bits per heavy atom. The van der Waals surface area contributed by atoms with E-state index in [4.69, 9.17) is 21.1 Å². The van der Waals surface area contributed by atoms with Crippen LogP contribution in [-0.4, -0.2) is 26.9 Å². The molecule has 1 N–H and O–H groups in total. The minimum absolute atomic E-state index is 0.611. The molecule has 0 bridgehead atoms. The van der Waals surface area contributed by atoms with E-state index in [0.717, 1.165) is 48.9 Å². The van der Waals surface area contributed by atoms with Crippen molar-refractivity contribution in [3.8, 4) is 5.75 Å². The van der Waals surface area contributed by atoms with Gasteiger partial charge in [-0.25, -0.2) is 0 Å². The lowest BCUT2D eigenvalue weighted by atomic mass is 10.1. The lowest BCUT2D eigenvalue weighted by molar-refractivity contribution is 0.198. The van der Waals surface area contributed by atoms with Crippen molar-refractivity contribution in [2.24, 2.45) is 5.92 Å². The molecule has 0 aromatic heterocycles. The smallest absolute Gasteiger partial charge is 0.123 e. The molecule has 1 aromatic rings. The topological polar surface area (TPSA) is 30.5 Å². The van der Waals surface area contributed by atoms with E-state index in [9.17, 15) is 0 Å². The maximum absolute atomic E-state index is 6.07. The Kier molecular flexibility index (Phi) is 8.67. The van der Waals surface area contributed by atoms with Gasteiger partial charge in [0.25, 0.3) is 0 Å². The quantitative estimate of drug-likeness (QED) is 0.665. The Balaban J connectivity index is 2.59. The van der Waals surface area contributed by atoms with Crippen molar-refractivity contribution < 1.29 is 9.47 Å². The monoisotopic (exact) mass is 299 g/mol. The summed E-state index contributed by atoms with van der Waals surface area (Å²) in [6.07, 6.45) is 2.29. The molecule has 0 aliphatic heterocycles. The number of hydrogen-bond acceptors (Lipinski definition) is 3. The average molecular weight is 300 g/mol. The van der Waals surface area contributed by atoms with Gasteiger partial charge in [-0.1, -0.05) is 38.3 Å². The molecular weight excluding hydrogens is 274 g/mol. The lowest BCUT2D eigenvalue weighted by Crippen LogP contribution is -2.19. The summed E-state index contributed by atoms with van der Waals surface area (Å²) >= 11 is 6.07. The maximum Gasteiger partial charge on any atom is 0.123 e. The van der Waals surface area contributed by atoms with Gasteiger partial charge in [0.05, 0.1) is 13.2 Å². The summed E-state index contributed by atoms with van der Waals surface area (Å²) in [7, 11) is 1.70. The van der Waals surface area contributed by atoms with Gasteiger partial charge in [0, 0.05) is 30.8 Å². The number of benzene rings is 1. The van der Waals surface area contributed by atoms with Gasteiger partial charge < -0.3 is 14.8 Å². The number of hydrogen-bond donors (Lipinski definition) is 1. The Morgan fingerprint density at radius 3 is 2.65 bits per heavy atom. The van der Waals surface area contributed by atoms with Gasteiger partial charge in [-0.05, 0) is 24.1 Å². The zero-order valence-electron chi connectivity index (χ0n) is 12.7. The molecule has 0 amide bonds. The number of rotatable bonds is 10. The fourth-order valence-corrected chi connectivity index (χ4v) is 2.15. The Morgan fingerprint density at radius 2 is 2.00 bits per heavy atom. The third-order valence-corrected chi connectivity index (χ3v) is 3.69. The van der Waals surface area contributed by atoms with E-state index in [0.29, 0.717) is 12.5 Å². The first-order chi connectivity index (χ1) is 9.71. The zero-order valence-corrected chi connectivity index (χ0v) is 13.5. The molecule has 1 rings (SSSR count). The average Bonchev–Trinajstić information content (AvgIpc) is 2.46. The van der Waals surface area contributed by atoms with Gasteiger partial charge in [-0.15, -0.1) is 0 Å². The number of methoxy groups -OCH3 is 1. The molecule has 0 aliphatic carbocycles. The van der Waals surface area contributed by atoms with Crippen LogP contribution in [0.4, 0.5) is 0 Å². The van der Waals surface area contributed by atoms with Gasteiger partial charge >= 0.3 is 0 Å². The third-order valence-electron chi connectivity index (χ3n) is 3.45. The molecular formula is C16H26ClNO2. The van der Waals surface area contributed by atoms with Crippen LogP contribution in [-0.2, 0) is 11.3 Å². The molecule has 0 saturated carbocycles. The summed E-state index contributed by atoms with van der Waals surface area (Å²) in [5, 5.41) is 4.06. The fraction of sp³-hybridized carbons (Fsp3) is 0.625. The SMILES string of the molecule is CCC(CC)COc1ccc(Cl)cc1CNCCOC. The van der Waals surface area contributed by atoms with Crippen LogP contribution < -0.4 is 10.1 Å². The van der Waals surface area contributed by atoms with Gasteiger partial charge in [-0.2, -0.15) is 0 Å². The van der Waals surface area contributed by atoms with Crippen LogP contribution >= 0.6 is 11.6 Å². The summed E-state index contributed by atoms with van der Waals surface area (Å²) in [4.78, 5) is 0. The Bertz CT molecular complexity index is 381. The first-order valence-corrected chi connectivity index (χ1v) is 7.69. The van der Waals surface area contributed by atoms with E-state index in [1.165, 1.54) is 0 Å². The van der Waals surface area contributed by atoms with Crippen LogP contribution in [0, 0.1) is 5.92 Å². The number of ether oxygens (including phenoxy) is 2. The molecule has 0 radical (unpaired) electrons. The van der Waals surface area contributed by atoms with Crippen LogP contribution in [0.25, 0.3) is 0 Å². The summed E-state index contributed by atoms with van der Waals surface area (Å²) < 4.78 is 11.0.